The molecule has 0 spiro atoms. The van der Waals surface area contributed by atoms with Gasteiger partial charge in [-0.25, -0.2) is 22.4 Å². The van der Waals surface area contributed by atoms with Gasteiger partial charge in [0.2, 0.25) is 0 Å². The van der Waals surface area contributed by atoms with Crippen LogP contribution in [-0.4, -0.2) is 81.3 Å². The van der Waals surface area contributed by atoms with Gasteiger partial charge in [0.25, 0.3) is 11.5 Å². The van der Waals surface area contributed by atoms with Crippen LogP contribution in [0.15, 0.2) is 47.4 Å². The first-order chi connectivity index (χ1) is 23.9. The van der Waals surface area contributed by atoms with E-state index in [-0.39, 0.29) is 66.3 Å². The number of amides is 2. The molecule has 6 rings (SSSR count). The largest absolute Gasteiger partial charge is 0.481 e. The maximum Gasteiger partial charge on any atom is 0.419 e. The van der Waals surface area contributed by atoms with Crippen LogP contribution in [0.5, 0.6) is 0 Å². The summed E-state index contributed by atoms with van der Waals surface area (Å²) in [6, 6.07) is 3.25. The molecule has 4 heterocycles. The van der Waals surface area contributed by atoms with Crippen molar-refractivity contribution in [2.45, 2.75) is 70.6 Å². The molecular formula is C36H37F6N4O5+. The van der Waals surface area contributed by atoms with Crippen molar-refractivity contribution in [2.75, 3.05) is 26.2 Å². The van der Waals surface area contributed by atoms with Gasteiger partial charge in [-0.05, 0) is 78.9 Å². The molecule has 3 fully saturated rings. The number of carboxylic acid groups (broad SMARTS) is 1. The van der Waals surface area contributed by atoms with Crippen molar-refractivity contribution in [2.24, 2.45) is 5.92 Å². The Morgan fingerprint density at radius 1 is 1.06 bits per heavy atom. The highest BCUT2D eigenvalue weighted by Crippen LogP contribution is 2.54. The Morgan fingerprint density at radius 2 is 1.73 bits per heavy atom. The van der Waals surface area contributed by atoms with E-state index in [9.17, 15) is 46.2 Å². The highest BCUT2D eigenvalue weighted by Gasteiger charge is 2.72. The summed E-state index contributed by atoms with van der Waals surface area (Å²) in [5, 5.41) is 12.6. The zero-order chi connectivity index (χ0) is 37.2. The molecular weight excluding hydrogens is 682 g/mol. The minimum Gasteiger partial charge on any atom is -0.481 e. The normalized spacial score (nSPS) is 24.1. The number of alkyl halides is 4. The summed E-state index contributed by atoms with van der Waals surface area (Å²) in [5.41, 5.74) is -2.60. The average molecular weight is 720 g/mol. The van der Waals surface area contributed by atoms with Gasteiger partial charge in [0.1, 0.15) is 54.5 Å². The molecule has 9 nitrogen and oxygen atoms in total. The molecule has 51 heavy (non-hydrogen) atoms. The molecule has 3 saturated heterocycles. The number of carbonyl (C=O) groups is 3. The molecule has 0 aliphatic carbocycles. The van der Waals surface area contributed by atoms with Crippen LogP contribution in [0.2, 0.25) is 0 Å². The molecule has 5 atom stereocenters. The monoisotopic (exact) mass is 719 g/mol. The number of pyridine rings is 1. The standard InChI is InChI=1S/C36H36F6N4O5/c1-18-11-27(43-33(49)24-5-4-6-45(34(24)50)8-7-44-15-23(38)16-44)35(51)46(17-29(18)46)28(14-30(47)48)25-12-21(13-26(32(25)39)36(40,41)42)31-19(2)9-22(37)10-20(31)3/h4-6,9-10,12-13,18,23,27-29H,7-8,11,14-17H2,1-3H3,(H-,43,47,48,49)/p+1/t18?,27-,28-,29?,46?/m0/s1. The third-order valence-corrected chi connectivity index (χ3v) is 10.5. The Kier molecular flexibility index (Phi) is 9.42. The van der Waals surface area contributed by atoms with Crippen LogP contribution in [0.3, 0.4) is 0 Å². The first-order valence-corrected chi connectivity index (χ1v) is 16.6. The highest BCUT2D eigenvalue weighted by molar-refractivity contribution is 5.96. The minimum atomic E-state index is -5.20. The van der Waals surface area contributed by atoms with Gasteiger partial charge < -0.3 is 15.0 Å². The third kappa shape index (κ3) is 6.68. The van der Waals surface area contributed by atoms with E-state index in [2.05, 4.69) is 5.32 Å². The molecule has 3 aromatic rings. The lowest BCUT2D eigenvalue weighted by molar-refractivity contribution is -0.777. The number of hydrogen-bond donors (Lipinski definition) is 2. The topological polar surface area (TPSA) is 109 Å². The number of benzene rings is 2. The van der Waals surface area contributed by atoms with E-state index in [4.69, 9.17) is 0 Å². The van der Waals surface area contributed by atoms with Crippen LogP contribution < -0.4 is 10.9 Å². The zero-order valence-corrected chi connectivity index (χ0v) is 28.1. The summed E-state index contributed by atoms with van der Waals surface area (Å²) in [7, 11) is 0. The van der Waals surface area contributed by atoms with Gasteiger partial charge in [-0.2, -0.15) is 13.2 Å². The van der Waals surface area contributed by atoms with Crippen molar-refractivity contribution < 1.29 is 50.3 Å². The van der Waals surface area contributed by atoms with E-state index < -0.39 is 87.5 Å². The summed E-state index contributed by atoms with van der Waals surface area (Å²) in [6.07, 6.45) is -5.46. The van der Waals surface area contributed by atoms with Gasteiger partial charge in [-0.3, -0.25) is 19.3 Å². The highest BCUT2D eigenvalue weighted by atomic mass is 19.4. The number of rotatable bonds is 10. The molecule has 1 aromatic heterocycles. The molecule has 272 valence electrons. The number of hydrogen-bond acceptors (Lipinski definition) is 5. The number of aromatic nitrogens is 1. The van der Waals surface area contributed by atoms with Gasteiger partial charge in [-0.15, -0.1) is 0 Å². The van der Waals surface area contributed by atoms with E-state index >= 15 is 4.39 Å². The molecule has 0 saturated carbocycles. The fourth-order valence-electron chi connectivity index (χ4n) is 8.06. The van der Waals surface area contributed by atoms with Gasteiger partial charge in [0.05, 0.1) is 5.56 Å². The van der Waals surface area contributed by atoms with E-state index in [1.54, 1.807) is 11.8 Å². The second-order valence-corrected chi connectivity index (χ2v) is 14.0. The number of nitrogens with zero attached hydrogens (tertiary/aromatic N) is 3. The number of aryl methyl sites for hydroxylation is 2. The first kappa shape index (κ1) is 36.3. The second kappa shape index (κ2) is 13.2. The number of carboxylic acids is 1. The number of quaternary nitrogens is 1. The summed E-state index contributed by atoms with van der Waals surface area (Å²) in [4.78, 5) is 55.1. The number of fused-ring (bicyclic) bond motifs is 1. The molecule has 2 amide bonds. The Morgan fingerprint density at radius 3 is 2.33 bits per heavy atom. The van der Waals surface area contributed by atoms with E-state index in [0.717, 1.165) is 18.2 Å². The predicted molar refractivity (Wildman–Crippen MR) is 172 cm³/mol. The van der Waals surface area contributed by atoms with E-state index in [1.165, 1.54) is 36.7 Å². The Balaban J connectivity index is 1.36. The maximum atomic E-state index is 16.1. The van der Waals surface area contributed by atoms with Crippen LogP contribution in [0, 0.1) is 31.4 Å². The summed E-state index contributed by atoms with van der Waals surface area (Å²) in [5.74, 6) is -5.77. The van der Waals surface area contributed by atoms with Crippen molar-refractivity contribution in [1.29, 1.82) is 0 Å². The Bertz CT molecular complexity index is 1950. The van der Waals surface area contributed by atoms with E-state index in [1.807, 2.05) is 0 Å². The molecule has 0 radical (unpaired) electrons. The third-order valence-electron chi connectivity index (χ3n) is 10.5. The van der Waals surface area contributed by atoms with Gasteiger partial charge in [-0.1, -0.05) is 6.92 Å². The van der Waals surface area contributed by atoms with Crippen LogP contribution >= 0.6 is 0 Å². The molecule has 2 aromatic carbocycles. The Labute approximate surface area is 289 Å². The van der Waals surface area contributed by atoms with Crippen molar-refractivity contribution in [3.63, 3.8) is 0 Å². The minimum absolute atomic E-state index is 0.00167. The zero-order valence-electron chi connectivity index (χ0n) is 28.1. The number of piperidine rings is 1. The summed E-state index contributed by atoms with van der Waals surface area (Å²) >= 11 is 0. The van der Waals surface area contributed by atoms with Crippen molar-refractivity contribution in [3.8, 4) is 11.1 Å². The molecule has 3 aliphatic rings. The Hall–Kier alpha value is -4.50. The lowest BCUT2D eigenvalue weighted by atomic mass is 9.87. The van der Waals surface area contributed by atoms with Gasteiger partial charge in [0, 0.05) is 43.9 Å². The van der Waals surface area contributed by atoms with Crippen LogP contribution in [0.1, 0.15) is 58.4 Å². The van der Waals surface area contributed by atoms with Gasteiger partial charge >= 0.3 is 18.1 Å². The molecule has 2 N–H and O–H groups in total. The maximum absolute atomic E-state index is 16.1. The SMILES string of the molecule is Cc1cc(F)cc(C)c1-c1cc([C@H](CC(=O)O)[N+]23CC2C(C)C[C@H](NC(=O)c2cccn(CCN4CC(F)C4)c2=O)C3=O)c(F)c(C(F)(F)F)c1. The summed E-state index contributed by atoms with van der Waals surface area (Å²) < 4.78 is 87.2. The van der Waals surface area contributed by atoms with Crippen LogP contribution in [0.25, 0.3) is 11.1 Å². The first-order valence-electron chi connectivity index (χ1n) is 16.6. The number of likely N-dealkylation sites (tertiary alicyclic amines) is 1. The second-order valence-electron chi connectivity index (χ2n) is 14.0. The quantitative estimate of drug-likeness (QED) is 0.170. The van der Waals surface area contributed by atoms with E-state index in [0.29, 0.717) is 12.6 Å². The lowest BCUT2D eigenvalue weighted by Gasteiger charge is -2.36. The van der Waals surface area contributed by atoms with Crippen molar-refractivity contribution >= 4 is 17.8 Å². The molecule has 3 aliphatic heterocycles. The number of carbonyl (C=O) groups excluding carboxylic acids is 2. The molecule has 15 heteroatoms. The van der Waals surface area contributed by atoms with Crippen molar-refractivity contribution in [1.82, 2.24) is 14.8 Å². The number of aliphatic carboxylic acids is 1. The predicted octanol–water partition coefficient (Wildman–Crippen LogP) is 5.16. The van der Waals surface area contributed by atoms with Gasteiger partial charge in [0.15, 0.2) is 0 Å². The molecule has 3 unspecified atom stereocenters. The van der Waals surface area contributed by atoms with Crippen LogP contribution in [0.4, 0.5) is 26.3 Å². The number of halogens is 6. The van der Waals surface area contributed by atoms with Crippen LogP contribution in [-0.2, 0) is 22.3 Å². The lowest BCUT2D eigenvalue weighted by Crippen LogP contribution is -2.57. The smallest absolute Gasteiger partial charge is 0.419 e. The average Bonchev–Trinajstić information content (AvgIpc) is 3.78. The summed E-state index contributed by atoms with van der Waals surface area (Å²) in [6.45, 7) is 5.78. The fraction of sp³-hybridized carbons (Fsp3) is 0.444. The molecule has 0 bridgehead atoms. The fourth-order valence-corrected chi connectivity index (χ4v) is 8.06. The number of nitrogens with one attached hydrogen (secondary N) is 1. The van der Waals surface area contributed by atoms with Crippen molar-refractivity contribution in [3.05, 3.63) is 92.4 Å².